The molecule has 2 heterocycles. The average Bonchev–Trinajstić information content (AvgIpc) is 3.18. The van der Waals surface area contributed by atoms with Crippen molar-refractivity contribution in [3.8, 4) is 0 Å². The number of carbonyl (C=O) groups excluding carboxylic acids is 3. The number of hydrogen-bond donors (Lipinski definition) is 3. The summed E-state index contributed by atoms with van der Waals surface area (Å²) in [6.45, 7) is 3.64. The van der Waals surface area contributed by atoms with Gasteiger partial charge in [0, 0.05) is 16.6 Å². The van der Waals surface area contributed by atoms with Crippen molar-refractivity contribution in [3.05, 3.63) is 44.9 Å². The van der Waals surface area contributed by atoms with Gasteiger partial charge in [0.15, 0.2) is 5.78 Å². The molecule has 24 heavy (non-hydrogen) atoms. The first-order valence-electron chi connectivity index (χ1n) is 7.85. The first kappa shape index (κ1) is 16.4. The Balaban J connectivity index is 1.61. The number of amides is 2. The zero-order valence-corrected chi connectivity index (χ0v) is 14.4. The van der Waals surface area contributed by atoms with Crippen LogP contribution in [0.5, 0.6) is 0 Å². The van der Waals surface area contributed by atoms with E-state index in [2.05, 4.69) is 22.8 Å². The van der Waals surface area contributed by atoms with Crippen molar-refractivity contribution in [2.75, 3.05) is 0 Å². The van der Waals surface area contributed by atoms with Crippen LogP contribution in [0.4, 0.5) is 0 Å². The Kier molecular flexibility index (Phi) is 4.53. The first-order chi connectivity index (χ1) is 11.4. The number of aromatic amines is 1. The Labute approximate surface area is 143 Å². The maximum absolute atomic E-state index is 12.2. The fourth-order valence-electron chi connectivity index (χ4n) is 2.79. The van der Waals surface area contributed by atoms with Crippen LogP contribution in [-0.4, -0.2) is 22.6 Å². The van der Waals surface area contributed by atoms with E-state index < -0.39 is 5.91 Å². The van der Waals surface area contributed by atoms with E-state index in [1.54, 1.807) is 0 Å². The zero-order valence-electron chi connectivity index (χ0n) is 13.6. The van der Waals surface area contributed by atoms with Crippen LogP contribution in [0.15, 0.2) is 18.3 Å². The third-order valence-electron chi connectivity index (χ3n) is 4.18. The van der Waals surface area contributed by atoms with Gasteiger partial charge in [0.1, 0.15) is 5.69 Å². The molecule has 0 aliphatic heterocycles. The van der Waals surface area contributed by atoms with E-state index in [1.165, 1.54) is 41.0 Å². The quantitative estimate of drug-likeness (QED) is 0.589. The predicted octanol–water partition coefficient (Wildman–Crippen LogP) is 2.48. The van der Waals surface area contributed by atoms with Crippen LogP contribution in [0.25, 0.3) is 0 Å². The van der Waals surface area contributed by atoms with Gasteiger partial charge in [-0.3, -0.25) is 25.2 Å². The SMILES string of the molecule is CC(=O)c1c[nH]c(C(=O)NNC(=O)c2cc3c(s2)CCC(C)C3)c1. The minimum Gasteiger partial charge on any atom is -0.356 e. The van der Waals surface area contributed by atoms with Gasteiger partial charge in [-0.25, -0.2) is 0 Å². The van der Waals surface area contributed by atoms with Gasteiger partial charge in [-0.15, -0.1) is 11.3 Å². The second kappa shape index (κ2) is 6.60. The van der Waals surface area contributed by atoms with Crippen LogP contribution in [-0.2, 0) is 12.8 Å². The molecule has 6 nitrogen and oxygen atoms in total. The summed E-state index contributed by atoms with van der Waals surface area (Å²) >= 11 is 1.49. The molecule has 0 saturated heterocycles. The number of rotatable bonds is 3. The molecule has 3 rings (SSSR count). The van der Waals surface area contributed by atoms with E-state index >= 15 is 0 Å². The van der Waals surface area contributed by atoms with Crippen LogP contribution in [0, 0.1) is 5.92 Å². The van der Waals surface area contributed by atoms with Gasteiger partial charge in [0.25, 0.3) is 11.8 Å². The molecule has 2 amide bonds. The minimum atomic E-state index is -0.495. The fraction of sp³-hybridized carbons (Fsp3) is 0.353. The zero-order chi connectivity index (χ0) is 17.3. The van der Waals surface area contributed by atoms with Crippen molar-refractivity contribution in [1.82, 2.24) is 15.8 Å². The normalized spacial score (nSPS) is 16.3. The second-order valence-electron chi connectivity index (χ2n) is 6.17. The highest BCUT2D eigenvalue weighted by Crippen LogP contribution is 2.32. The topological polar surface area (TPSA) is 91.1 Å². The molecule has 0 fully saturated rings. The van der Waals surface area contributed by atoms with E-state index in [9.17, 15) is 14.4 Å². The number of fused-ring (bicyclic) bond motifs is 1. The maximum atomic E-state index is 12.2. The summed E-state index contributed by atoms with van der Waals surface area (Å²) in [5, 5.41) is 0. The smallest absolute Gasteiger partial charge is 0.286 e. The number of Topliss-reactive ketones (excluding diaryl/α,β-unsaturated/α-hetero) is 1. The van der Waals surface area contributed by atoms with Gasteiger partial charge in [-0.1, -0.05) is 6.92 Å². The van der Waals surface area contributed by atoms with Gasteiger partial charge in [0.05, 0.1) is 4.88 Å². The van der Waals surface area contributed by atoms with Crippen molar-refractivity contribution < 1.29 is 14.4 Å². The lowest BCUT2D eigenvalue weighted by Crippen LogP contribution is -2.41. The molecule has 1 aliphatic carbocycles. The average molecular weight is 345 g/mol. The Morgan fingerprint density at radius 1 is 1.21 bits per heavy atom. The molecule has 0 saturated carbocycles. The Hall–Kier alpha value is -2.41. The van der Waals surface area contributed by atoms with Crippen LogP contribution in [0.3, 0.4) is 0 Å². The summed E-state index contributed by atoms with van der Waals surface area (Å²) in [6.07, 6.45) is 4.63. The van der Waals surface area contributed by atoms with Crippen molar-refractivity contribution >= 4 is 28.9 Å². The maximum Gasteiger partial charge on any atom is 0.286 e. The van der Waals surface area contributed by atoms with Crippen molar-refractivity contribution in [2.45, 2.75) is 33.1 Å². The van der Waals surface area contributed by atoms with Gasteiger partial charge < -0.3 is 4.98 Å². The summed E-state index contributed by atoms with van der Waals surface area (Å²) in [7, 11) is 0. The monoisotopic (exact) mass is 345 g/mol. The number of carbonyl (C=O) groups is 3. The molecular formula is C17H19N3O3S. The molecular weight excluding hydrogens is 326 g/mol. The van der Waals surface area contributed by atoms with Crippen LogP contribution in [0.2, 0.25) is 0 Å². The third kappa shape index (κ3) is 3.41. The summed E-state index contributed by atoms with van der Waals surface area (Å²) in [5.41, 5.74) is 6.67. The van der Waals surface area contributed by atoms with E-state index in [1.807, 2.05) is 6.07 Å². The molecule has 1 atom stereocenters. The molecule has 3 N–H and O–H groups in total. The number of hydrogen-bond acceptors (Lipinski definition) is 4. The van der Waals surface area contributed by atoms with E-state index in [0.717, 1.165) is 19.3 Å². The highest BCUT2D eigenvalue weighted by molar-refractivity contribution is 7.14. The standard InChI is InChI=1S/C17H19N3O3S/c1-9-3-4-14-11(5-9)7-15(24-14)17(23)20-19-16(22)13-6-12(8-18-13)10(2)21/h6-9,18H,3-5H2,1-2H3,(H,19,22)(H,20,23). The molecule has 1 aliphatic rings. The largest absolute Gasteiger partial charge is 0.356 e. The van der Waals surface area contributed by atoms with Crippen LogP contribution < -0.4 is 10.9 Å². The summed E-state index contributed by atoms with van der Waals surface area (Å²) in [4.78, 5) is 40.0. The summed E-state index contributed by atoms with van der Waals surface area (Å²) in [6, 6.07) is 3.37. The van der Waals surface area contributed by atoms with E-state index in [4.69, 9.17) is 0 Å². The minimum absolute atomic E-state index is 0.132. The molecule has 126 valence electrons. The van der Waals surface area contributed by atoms with Crippen molar-refractivity contribution in [1.29, 1.82) is 0 Å². The molecule has 2 aromatic rings. The van der Waals surface area contributed by atoms with E-state index in [0.29, 0.717) is 16.4 Å². The lowest BCUT2D eigenvalue weighted by atomic mass is 9.90. The number of nitrogens with one attached hydrogen (secondary N) is 3. The van der Waals surface area contributed by atoms with Gasteiger partial charge in [0.2, 0.25) is 0 Å². The van der Waals surface area contributed by atoms with Crippen LogP contribution >= 0.6 is 11.3 Å². The number of ketones is 1. The molecule has 0 spiro atoms. The summed E-state index contributed by atoms with van der Waals surface area (Å²) in [5.74, 6) is -0.307. The number of aromatic nitrogens is 1. The lowest BCUT2D eigenvalue weighted by molar-refractivity contribution is 0.0846. The second-order valence-corrected chi connectivity index (χ2v) is 7.31. The Morgan fingerprint density at radius 3 is 2.67 bits per heavy atom. The van der Waals surface area contributed by atoms with Gasteiger partial charge in [-0.05, 0) is 49.8 Å². The Bertz CT molecular complexity index is 806. The van der Waals surface area contributed by atoms with E-state index in [-0.39, 0.29) is 17.4 Å². The Morgan fingerprint density at radius 2 is 1.96 bits per heavy atom. The fourth-order valence-corrected chi connectivity index (χ4v) is 3.89. The van der Waals surface area contributed by atoms with Crippen molar-refractivity contribution in [2.24, 2.45) is 5.92 Å². The van der Waals surface area contributed by atoms with Gasteiger partial charge in [-0.2, -0.15) is 0 Å². The highest BCUT2D eigenvalue weighted by atomic mass is 32.1. The number of aryl methyl sites for hydroxylation is 1. The molecule has 0 radical (unpaired) electrons. The third-order valence-corrected chi connectivity index (χ3v) is 5.41. The highest BCUT2D eigenvalue weighted by Gasteiger charge is 2.21. The lowest BCUT2D eigenvalue weighted by Gasteiger charge is -2.16. The van der Waals surface area contributed by atoms with Gasteiger partial charge >= 0.3 is 0 Å². The molecule has 0 bridgehead atoms. The first-order valence-corrected chi connectivity index (χ1v) is 8.67. The summed E-state index contributed by atoms with van der Waals surface area (Å²) < 4.78 is 0. The number of H-pyrrole nitrogens is 1. The molecule has 0 aromatic carbocycles. The van der Waals surface area contributed by atoms with Crippen molar-refractivity contribution in [3.63, 3.8) is 0 Å². The molecule has 7 heteroatoms. The predicted molar refractivity (Wildman–Crippen MR) is 91.2 cm³/mol. The molecule has 1 unspecified atom stereocenters. The number of hydrazine groups is 1. The molecule has 2 aromatic heterocycles. The van der Waals surface area contributed by atoms with Crippen LogP contribution in [0.1, 0.15) is 61.2 Å². The number of thiophene rings is 1.